The van der Waals surface area contributed by atoms with E-state index in [0.29, 0.717) is 6.54 Å². The summed E-state index contributed by atoms with van der Waals surface area (Å²) in [7, 11) is 0. The van der Waals surface area contributed by atoms with Gasteiger partial charge in [0.25, 0.3) is 0 Å². The van der Waals surface area contributed by atoms with E-state index < -0.39 is 0 Å². The van der Waals surface area contributed by atoms with Gasteiger partial charge < -0.3 is 15.5 Å². The summed E-state index contributed by atoms with van der Waals surface area (Å²) in [6.45, 7) is 3.36. The highest BCUT2D eigenvalue weighted by Crippen LogP contribution is 2.23. The lowest BCUT2D eigenvalue weighted by molar-refractivity contribution is 0.149. The Bertz CT molecular complexity index is 492. The quantitative estimate of drug-likeness (QED) is 0.739. The number of likely N-dealkylation sites (tertiary alicyclic amines) is 1. The molecule has 1 saturated heterocycles. The summed E-state index contributed by atoms with van der Waals surface area (Å²) in [4.78, 5) is 16.6. The van der Waals surface area contributed by atoms with Crippen LogP contribution in [0.3, 0.4) is 0 Å². The van der Waals surface area contributed by atoms with Gasteiger partial charge in [-0.05, 0) is 42.5 Å². The Balaban J connectivity index is 1.70. The molecule has 3 rings (SSSR count). The topological polar surface area (TPSA) is 49.6 Å². The molecule has 0 atom stereocenters. The first-order valence-corrected chi connectivity index (χ1v) is 7.65. The third kappa shape index (κ3) is 2.74. The number of carbonyl (C=O) groups excluding carboxylic acids is 1. The molecule has 0 aliphatic carbocycles. The number of nitrogens with zero attached hydrogens (tertiary/aromatic N) is 2. The molecule has 2 N–H and O–H groups in total. The van der Waals surface area contributed by atoms with Crippen molar-refractivity contribution in [2.45, 2.75) is 38.6 Å². The fourth-order valence-electron chi connectivity index (χ4n) is 3.20. The fourth-order valence-corrected chi connectivity index (χ4v) is 3.20. The molecule has 0 unspecified atom stereocenters. The van der Waals surface area contributed by atoms with Crippen LogP contribution in [-0.4, -0.2) is 35.5 Å². The molecular weight excluding hydrogens is 250 g/mol. The summed E-state index contributed by atoms with van der Waals surface area (Å²) in [5.41, 5.74) is 9.18. The second-order valence-electron chi connectivity index (χ2n) is 5.88. The van der Waals surface area contributed by atoms with Crippen molar-refractivity contribution >= 4 is 11.7 Å². The van der Waals surface area contributed by atoms with Crippen LogP contribution in [0.15, 0.2) is 18.2 Å². The van der Waals surface area contributed by atoms with Crippen molar-refractivity contribution in [3.63, 3.8) is 0 Å². The lowest BCUT2D eigenvalue weighted by Gasteiger charge is -2.33. The van der Waals surface area contributed by atoms with Gasteiger partial charge in [-0.25, -0.2) is 4.79 Å². The zero-order valence-corrected chi connectivity index (χ0v) is 12.0. The van der Waals surface area contributed by atoms with Crippen molar-refractivity contribution in [1.82, 2.24) is 9.80 Å². The molecule has 1 aromatic rings. The molecule has 2 amide bonds. The maximum atomic E-state index is 12.6. The summed E-state index contributed by atoms with van der Waals surface area (Å²) >= 11 is 0. The average molecular weight is 273 g/mol. The molecule has 4 nitrogen and oxygen atoms in total. The third-order valence-corrected chi connectivity index (χ3v) is 4.39. The van der Waals surface area contributed by atoms with E-state index in [2.05, 4.69) is 6.07 Å². The molecule has 108 valence electrons. The molecule has 2 aliphatic heterocycles. The van der Waals surface area contributed by atoms with Gasteiger partial charge in [-0.15, -0.1) is 0 Å². The first-order valence-electron chi connectivity index (χ1n) is 7.65. The Morgan fingerprint density at radius 1 is 0.950 bits per heavy atom. The standard InChI is InChI=1S/C16H23N3O/c17-15-6-5-13-7-10-19(12-14(13)11-15)16(20)18-8-3-1-2-4-9-18/h5-6,11H,1-4,7-10,12,17H2. The van der Waals surface area contributed by atoms with E-state index in [1.165, 1.54) is 24.0 Å². The summed E-state index contributed by atoms with van der Waals surface area (Å²) in [6.07, 6.45) is 5.73. The minimum absolute atomic E-state index is 0.208. The molecule has 1 aromatic carbocycles. The van der Waals surface area contributed by atoms with Crippen LogP contribution >= 0.6 is 0 Å². The summed E-state index contributed by atoms with van der Waals surface area (Å²) in [6, 6.07) is 6.26. The number of benzene rings is 1. The predicted octanol–water partition coefficient (Wildman–Crippen LogP) is 2.62. The van der Waals surface area contributed by atoms with E-state index >= 15 is 0 Å². The van der Waals surface area contributed by atoms with E-state index in [4.69, 9.17) is 5.73 Å². The monoisotopic (exact) mass is 273 g/mol. The third-order valence-electron chi connectivity index (χ3n) is 4.39. The molecule has 0 saturated carbocycles. The zero-order valence-electron chi connectivity index (χ0n) is 12.0. The fraction of sp³-hybridized carbons (Fsp3) is 0.562. The van der Waals surface area contributed by atoms with Crippen molar-refractivity contribution in [3.8, 4) is 0 Å². The van der Waals surface area contributed by atoms with Crippen LogP contribution in [0.1, 0.15) is 36.8 Å². The molecule has 0 aromatic heterocycles. The van der Waals surface area contributed by atoms with Crippen molar-refractivity contribution in [3.05, 3.63) is 29.3 Å². The van der Waals surface area contributed by atoms with Gasteiger partial charge in [-0.1, -0.05) is 18.9 Å². The van der Waals surface area contributed by atoms with Gasteiger partial charge in [0.15, 0.2) is 0 Å². The lowest BCUT2D eigenvalue weighted by Crippen LogP contribution is -2.45. The van der Waals surface area contributed by atoms with Crippen molar-refractivity contribution in [1.29, 1.82) is 0 Å². The van der Waals surface area contributed by atoms with Crippen LogP contribution in [0.25, 0.3) is 0 Å². The summed E-state index contributed by atoms with van der Waals surface area (Å²) in [5.74, 6) is 0. The van der Waals surface area contributed by atoms with Gasteiger partial charge in [-0.3, -0.25) is 0 Å². The largest absolute Gasteiger partial charge is 0.399 e. The molecule has 2 heterocycles. The first-order chi connectivity index (χ1) is 9.74. The summed E-state index contributed by atoms with van der Waals surface area (Å²) < 4.78 is 0. The van der Waals surface area contributed by atoms with E-state index in [9.17, 15) is 4.79 Å². The number of hydrogen-bond acceptors (Lipinski definition) is 2. The van der Waals surface area contributed by atoms with Gasteiger partial charge in [-0.2, -0.15) is 0 Å². The van der Waals surface area contributed by atoms with Crippen LogP contribution in [0.5, 0.6) is 0 Å². The number of urea groups is 1. The van der Waals surface area contributed by atoms with Crippen LogP contribution in [0.4, 0.5) is 10.5 Å². The maximum absolute atomic E-state index is 12.6. The van der Waals surface area contributed by atoms with Crippen molar-refractivity contribution in [2.24, 2.45) is 0 Å². The molecular formula is C16H23N3O. The molecule has 0 spiro atoms. The minimum Gasteiger partial charge on any atom is -0.399 e. The van der Waals surface area contributed by atoms with Crippen molar-refractivity contribution < 1.29 is 4.79 Å². The van der Waals surface area contributed by atoms with Gasteiger partial charge >= 0.3 is 6.03 Å². The zero-order chi connectivity index (χ0) is 13.9. The molecule has 20 heavy (non-hydrogen) atoms. The van der Waals surface area contributed by atoms with E-state index in [-0.39, 0.29) is 6.03 Å². The van der Waals surface area contributed by atoms with Gasteiger partial charge in [0, 0.05) is 31.9 Å². The van der Waals surface area contributed by atoms with Crippen LogP contribution < -0.4 is 5.73 Å². The number of nitrogens with two attached hydrogens (primary N) is 1. The molecule has 2 aliphatic rings. The number of nitrogen functional groups attached to an aromatic ring is 1. The lowest BCUT2D eigenvalue weighted by atomic mass is 9.99. The molecule has 0 bridgehead atoms. The molecule has 4 heteroatoms. The normalized spacial score (nSPS) is 19.4. The van der Waals surface area contributed by atoms with Crippen molar-refractivity contribution in [2.75, 3.05) is 25.4 Å². The number of fused-ring (bicyclic) bond motifs is 1. The van der Waals surface area contributed by atoms with Crippen LogP contribution in [0, 0.1) is 0 Å². The van der Waals surface area contributed by atoms with Gasteiger partial charge in [0.1, 0.15) is 0 Å². The second kappa shape index (κ2) is 5.73. The Morgan fingerprint density at radius 2 is 1.70 bits per heavy atom. The smallest absolute Gasteiger partial charge is 0.320 e. The van der Waals surface area contributed by atoms with Gasteiger partial charge in [0.05, 0.1) is 0 Å². The van der Waals surface area contributed by atoms with Crippen LogP contribution in [-0.2, 0) is 13.0 Å². The number of carbonyl (C=O) groups is 1. The van der Waals surface area contributed by atoms with E-state index in [0.717, 1.165) is 44.6 Å². The van der Waals surface area contributed by atoms with Crippen LogP contribution in [0.2, 0.25) is 0 Å². The average Bonchev–Trinajstić information content (AvgIpc) is 2.74. The predicted molar refractivity (Wildman–Crippen MR) is 80.4 cm³/mol. The molecule has 0 radical (unpaired) electrons. The van der Waals surface area contributed by atoms with Gasteiger partial charge in [0.2, 0.25) is 0 Å². The Hall–Kier alpha value is -1.71. The highest BCUT2D eigenvalue weighted by molar-refractivity contribution is 5.75. The highest BCUT2D eigenvalue weighted by atomic mass is 16.2. The first kappa shape index (κ1) is 13.3. The maximum Gasteiger partial charge on any atom is 0.320 e. The Labute approximate surface area is 120 Å². The molecule has 1 fully saturated rings. The minimum atomic E-state index is 0.208. The number of rotatable bonds is 0. The SMILES string of the molecule is Nc1ccc2c(c1)CN(C(=O)N1CCCCCC1)CC2. The van der Waals surface area contributed by atoms with E-state index in [1.54, 1.807) is 0 Å². The Kier molecular flexibility index (Phi) is 3.81. The Morgan fingerprint density at radius 3 is 2.45 bits per heavy atom. The number of anilines is 1. The number of amides is 2. The van der Waals surface area contributed by atoms with E-state index in [1.807, 2.05) is 21.9 Å². The number of hydrogen-bond donors (Lipinski definition) is 1. The second-order valence-corrected chi connectivity index (χ2v) is 5.88. The summed E-state index contributed by atoms with van der Waals surface area (Å²) in [5, 5.41) is 0. The highest BCUT2D eigenvalue weighted by Gasteiger charge is 2.25.